The number of aromatic carboxylic acids is 1. The molecule has 1 heterocycles. The van der Waals surface area contributed by atoms with E-state index in [4.69, 9.17) is 10.2 Å². The summed E-state index contributed by atoms with van der Waals surface area (Å²) in [6.07, 6.45) is 2.16. The minimum absolute atomic E-state index is 0.0834. The van der Waals surface area contributed by atoms with Gasteiger partial charge in [-0.2, -0.15) is 5.10 Å². The Morgan fingerprint density at radius 2 is 2.11 bits per heavy atom. The maximum absolute atomic E-state index is 13.7. The molecule has 3 N–H and O–H groups in total. The number of sulfonamides is 1. The molecular weight excluding hydrogens is 277 g/mol. The summed E-state index contributed by atoms with van der Waals surface area (Å²) < 4.78 is 36.8. The molecule has 9 heteroatoms. The Hall–Kier alpha value is -2.26. The summed E-state index contributed by atoms with van der Waals surface area (Å²) in [4.78, 5) is 10.3. The summed E-state index contributed by atoms with van der Waals surface area (Å²) in [6.45, 7) is 0. The van der Waals surface area contributed by atoms with E-state index in [1.807, 2.05) is 0 Å². The molecule has 100 valence electrons. The quantitative estimate of drug-likeness (QED) is 0.844. The Morgan fingerprint density at radius 3 is 2.58 bits per heavy atom. The molecule has 0 saturated carbocycles. The molecule has 0 saturated heterocycles. The number of hydrogen-bond donors (Lipinski definition) is 2. The molecule has 19 heavy (non-hydrogen) atoms. The van der Waals surface area contributed by atoms with Gasteiger partial charge in [-0.05, 0) is 18.2 Å². The number of primary sulfonamides is 1. The Balaban J connectivity index is 2.49. The molecule has 0 radical (unpaired) electrons. The van der Waals surface area contributed by atoms with E-state index in [1.165, 1.54) is 0 Å². The van der Waals surface area contributed by atoms with Crippen molar-refractivity contribution < 1.29 is 22.7 Å². The van der Waals surface area contributed by atoms with Crippen LogP contribution in [0.1, 0.15) is 10.4 Å². The van der Waals surface area contributed by atoms with E-state index in [2.05, 4.69) is 5.10 Å². The number of carbonyl (C=O) groups is 1. The summed E-state index contributed by atoms with van der Waals surface area (Å²) in [5, 5.41) is 17.3. The second-order valence-corrected chi connectivity index (χ2v) is 5.20. The number of carboxylic acids is 1. The molecule has 0 aliphatic heterocycles. The molecule has 7 nitrogen and oxygen atoms in total. The van der Waals surface area contributed by atoms with Gasteiger partial charge in [-0.3, -0.25) is 0 Å². The minimum Gasteiger partial charge on any atom is -0.478 e. The van der Waals surface area contributed by atoms with E-state index < -0.39 is 21.8 Å². The van der Waals surface area contributed by atoms with Gasteiger partial charge >= 0.3 is 5.97 Å². The van der Waals surface area contributed by atoms with Crippen LogP contribution >= 0.6 is 0 Å². The van der Waals surface area contributed by atoms with Crippen molar-refractivity contribution in [2.24, 2.45) is 5.14 Å². The first-order valence-electron chi connectivity index (χ1n) is 4.90. The molecule has 0 spiro atoms. The molecular formula is C10H8FN3O4S. The third kappa shape index (κ3) is 2.61. The van der Waals surface area contributed by atoms with Gasteiger partial charge in [0.25, 0.3) is 0 Å². The molecule has 0 aliphatic rings. The van der Waals surface area contributed by atoms with E-state index in [9.17, 15) is 17.6 Å². The van der Waals surface area contributed by atoms with Gasteiger partial charge < -0.3 is 5.11 Å². The molecule has 0 unspecified atom stereocenters. The second-order valence-electron chi connectivity index (χ2n) is 3.64. The number of carboxylic acid groups (broad SMARTS) is 1. The molecule has 1 aromatic carbocycles. The van der Waals surface area contributed by atoms with Crippen LogP contribution in [-0.4, -0.2) is 29.3 Å². The van der Waals surface area contributed by atoms with Crippen molar-refractivity contribution >= 4 is 16.0 Å². The topological polar surface area (TPSA) is 115 Å². The van der Waals surface area contributed by atoms with Crippen molar-refractivity contribution in [3.63, 3.8) is 0 Å². The summed E-state index contributed by atoms with van der Waals surface area (Å²) >= 11 is 0. The van der Waals surface area contributed by atoms with Crippen molar-refractivity contribution in [2.75, 3.05) is 0 Å². The van der Waals surface area contributed by atoms with Crippen molar-refractivity contribution in [3.8, 4) is 5.69 Å². The monoisotopic (exact) mass is 285 g/mol. The van der Waals surface area contributed by atoms with Gasteiger partial charge in [0, 0.05) is 6.20 Å². The third-order valence-corrected chi connectivity index (χ3v) is 3.24. The SMILES string of the molecule is NS(=O)(=O)c1ccc(-n2cc(C(=O)O)cn2)c(F)c1. The van der Waals surface area contributed by atoms with E-state index in [0.29, 0.717) is 0 Å². The number of nitrogens with zero attached hydrogens (tertiary/aromatic N) is 2. The Morgan fingerprint density at radius 1 is 1.42 bits per heavy atom. The summed E-state index contributed by atoms with van der Waals surface area (Å²) in [5.41, 5.74) is -0.199. The van der Waals surface area contributed by atoms with Crippen LogP contribution in [0, 0.1) is 5.82 Å². The maximum atomic E-state index is 13.7. The number of rotatable bonds is 3. The highest BCUT2D eigenvalue weighted by atomic mass is 32.2. The highest BCUT2D eigenvalue weighted by molar-refractivity contribution is 7.89. The third-order valence-electron chi connectivity index (χ3n) is 2.32. The predicted octanol–water partition coefficient (Wildman–Crippen LogP) is 0.357. The largest absolute Gasteiger partial charge is 0.478 e. The smallest absolute Gasteiger partial charge is 0.338 e. The molecule has 2 rings (SSSR count). The van der Waals surface area contributed by atoms with E-state index >= 15 is 0 Å². The molecule has 0 fully saturated rings. The van der Waals surface area contributed by atoms with Gasteiger partial charge in [0.2, 0.25) is 10.0 Å². The van der Waals surface area contributed by atoms with Crippen LogP contribution in [0.2, 0.25) is 0 Å². The number of hydrogen-bond acceptors (Lipinski definition) is 4. The van der Waals surface area contributed by atoms with E-state index in [-0.39, 0.29) is 16.1 Å². The number of nitrogens with two attached hydrogens (primary N) is 1. The van der Waals surface area contributed by atoms with Crippen LogP contribution in [0.4, 0.5) is 4.39 Å². The van der Waals surface area contributed by atoms with E-state index in [0.717, 1.165) is 35.3 Å². The highest BCUT2D eigenvalue weighted by Gasteiger charge is 2.14. The molecule has 0 aliphatic carbocycles. The van der Waals surface area contributed by atoms with Crippen molar-refractivity contribution in [1.82, 2.24) is 9.78 Å². The van der Waals surface area contributed by atoms with Crippen LogP contribution in [0.5, 0.6) is 0 Å². The number of halogens is 1. The predicted molar refractivity (Wildman–Crippen MR) is 61.9 cm³/mol. The summed E-state index contributed by atoms with van der Waals surface area (Å²) in [7, 11) is -4.00. The lowest BCUT2D eigenvalue weighted by molar-refractivity contribution is 0.0697. The average Bonchev–Trinajstić information content (AvgIpc) is 2.76. The molecule has 0 bridgehead atoms. The van der Waals surface area contributed by atoms with Gasteiger partial charge in [0.15, 0.2) is 0 Å². The normalized spacial score (nSPS) is 11.5. The number of benzene rings is 1. The first kappa shape index (κ1) is 13.2. The standard InChI is InChI=1S/C10H8FN3O4S/c11-8-3-7(19(12,17)18)1-2-9(8)14-5-6(4-13-14)10(15)16/h1-5H,(H,15,16)(H2,12,17,18). The fourth-order valence-corrected chi connectivity index (χ4v) is 1.94. The van der Waals surface area contributed by atoms with Crippen molar-refractivity contribution in [1.29, 1.82) is 0 Å². The maximum Gasteiger partial charge on any atom is 0.338 e. The Kier molecular flexibility index (Phi) is 3.08. The lowest BCUT2D eigenvalue weighted by atomic mass is 10.3. The zero-order valence-electron chi connectivity index (χ0n) is 9.32. The van der Waals surface area contributed by atoms with Gasteiger partial charge in [-0.1, -0.05) is 0 Å². The highest BCUT2D eigenvalue weighted by Crippen LogP contribution is 2.17. The van der Waals surface area contributed by atoms with Gasteiger partial charge in [-0.25, -0.2) is 27.4 Å². The van der Waals surface area contributed by atoms with Gasteiger partial charge in [0.05, 0.1) is 16.7 Å². The van der Waals surface area contributed by atoms with E-state index in [1.54, 1.807) is 0 Å². The molecule has 2 aromatic rings. The Labute approximate surface area is 107 Å². The fourth-order valence-electron chi connectivity index (χ4n) is 1.42. The van der Waals surface area contributed by atoms with Crippen LogP contribution < -0.4 is 5.14 Å². The lowest BCUT2D eigenvalue weighted by Crippen LogP contribution is -2.13. The van der Waals surface area contributed by atoms with Gasteiger partial charge in [0.1, 0.15) is 11.5 Å². The Bertz CT molecular complexity index is 754. The molecule has 1 aromatic heterocycles. The zero-order valence-corrected chi connectivity index (χ0v) is 10.1. The minimum atomic E-state index is -4.00. The first-order chi connectivity index (χ1) is 8.79. The van der Waals surface area contributed by atoms with Crippen LogP contribution in [0.3, 0.4) is 0 Å². The first-order valence-corrected chi connectivity index (χ1v) is 6.44. The van der Waals surface area contributed by atoms with Crippen LogP contribution in [0.25, 0.3) is 5.69 Å². The fraction of sp³-hybridized carbons (Fsp3) is 0. The number of aromatic nitrogens is 2. The van der Waals surface area contributed by atoms with Crippen molar-refractivity contribution in [2.45, 2.75) is 4.90 Å². The molecule has 0 atom stereocenters. The lowest BCUT2D eigenvalue weighted by Gasteiger charge is -2.04. The summed E-state index contributed by atoms with van der Waals surface area (Å²) in [6, 6.07) is 3.00. The summed E-state index contributed by atoms with van der Waals surface area (Å²) in [5.74, 6) is -2.08. The second kappa shape index (κ2) is 4.44. The average molecular weight is 285 g/mol. The van der Waals surface area contributed by atoms with Crippen LogP contribution in [0.15, 0.2) is 35.5 Å². The molecule has 0 amide bonds. The van der Waals surface area contributed by atoms with Crippen LogP contribution in [-0.2, 0) is 10.0 Å². The van der Waals surface area contributed by atoms with Crippen molar-refractivity contribution in [3.05, 3.63) is 42.0 Å². The van der Waals surface area contributed by atoms with Gasteiger partial charge in [-0.15, -0.1) is 0 Å². The zero-order chi connectivity index (χ0) is 14.2.